The summed E-state index contributed by atoms with van der Waals surface area (Å²) in [6.45, 7) is -0.0157. The Bertz CT molecular complexity index is 651. The number of amides is 1. The molecule has 1 aliphatic rings. The van der Waals surface area contributed by atoms with Gasteiger partial charge in [-0.1, -0.05) is 6.07 Å². The van der Waals surface area contributed by atoms with Crippen LogP contribution in [0.5, 0.6) is 11.5 Å². The molecule has 0 aliphatic carbocycles. The van der Waals surface area contributed by atoms with Gasteiger partial charge >= 0.3 is 0 Å². The molecule has 2 aromatic rings. The average molecular weight is 289 g/mol. The van der Waals surface area contributed by atoms with Crippen molar-refractivity contribution in [2.24, 2.45) is 0 Å². The molecule has 0 radical (unpaired) electrons. The highest BCUT2D eigenvalue weighted by molar-refractivity contribution is 7.12. The topological polar surface area (TPSA) is 64.6 Å². The van der Waals surface area contributed by atoms with Crippen molar-refractivity contribution in [3.63, 3.8) is 0 Å². The summed E-state index contributed by atoms with van der Waals surface area (Å²) in [6, 6.07) is 8.65. The average Bonchev–Trinajstić information content (AvgIpc) is 2.98. The zero-order chi connectivity index (χ0) is 13.9. The fourth-order valence-corrected chi connectivity index (χ4v) is 2.46. The number of carbonyl (C=O) groups excluding carboxylic acids is 2. The Morgan fingerprint density at radius 2 is 2.30 bits per heavy atom. The summed E-state index contributed by atoms with van der Waals surface area (Å²) < 4.78 is 10.7. The molecule has 0 spiro atoms. The Morgan fingerprint density at radius 1 is 1.40 bits per heavy atom. The van der Waals surface area contributed by atoms with Crippen molar-refractivity contribution in [1.82, 2.24) is 0 Å². The number of ketones is 1. The van der Waals surface area contributed by atoms with Gasteiger partial charge in [0, 0.05) is 6.07 Å². The van der Waals surface area contributed by atoms with E-state index >= 15 is 0 Å². The molecule has 0 saturated carbocycles. The number of carbonyl (C=O) groups is 2. The lowest BCUT2D eigenvalue weighted by atomic mass is 10.2. The van der Waals surface area contributed by atoms with E-state index in [1.54, 1.807) is 24.3 Å². The second-order valence-corrected chi connectivity index (χ2v) is 5.13. The van der Waals surface area contributed by atoms with Crippen LogP contribution < -0.4 is 14.8 Å². The van der Waals surface area contributed by atoms with Crippen molar-refractivity contribution in [1.29, 1.82) is 0 Å². The fraction of sp³-hybridized carbons (Fsp3) is 0.143. The number of hydrogen-bond donors (Lipinski definition) is 1. The Labute approximate surface area is 119 Å². The molecule has 2 heterocycles. The molecule has 0 fully saturated rings. The zero-order valence-corrected chi connectivity index (χ0v) is 11.2. The largest absolute Gasteiger partial charge is 0.485 e. The van der Waals surface area contributed by atoms with Gasteiger partial charge in [0.1, 0.15) is 11.5 Å². The molecule has 3 rings (SSSR count). The summed E-state index contributed by atoms with van der Waals surface area (Å²) in [5.41, 5.74) is 0.558. The van der Waals surface area contributed by atoms with Gasteiger partial charge in [-0.15, -0.1) is 11.3 Å². The van der Waals surface area contributed by atoms with E-state index in [4.69, 9.17) is 9.47 Å². The highest BCUT2D eigenvalue weighted by Crippen LogP contribution is 2.31. The lowest BCUT2D eigenvalue weighted by Gasteiger charge is -2.18. The first-order valence-corrected chi connectivity index (χ1v) is 6.86. The van der Waals surface area contributed by atoms with E-state index in [0.29, 0.717) is 22.1 Å². The summed E-state index contributed by atoms with van der Waals surface area (Å²) in [5, 5.41) is 4.53. The van der Waals surface area contributed by atoms with Crippen LogP contribution in [0.25, 0.3) is 0 Å². The van der Waals surface area contributed by atoms with Gasteiger partial charge in [-0.2, -0.15) is 0 Å². The number of ether oxygens (including phenoxy) is 2. The van der Waals surface area contributed by atoms with Crippen molar-refractivity contribution < 1.29 is 19.1 Å². The van der Waals surface area contributed by atoms with Crippen molar-refractivity contribution in [3.05, 3.63) is 40.6 Å². The molecule has 102 valence electrons. The van der Waals surface area contributed by atoms with Crippen LogP contribution >= 0.6 is 11.3 Å². The van der Waals surface area contributed by atoms with Crippen LogP contribution in [-0.4, -0.2) is 24.9 Å². The summed E-state index contributed by atoms with van der Waals surface area (Å²) >= 11 is 1.38. The SMILES string of the molecule is O=C1COc2ccc(OCC(=O)c3cccs3)cc2N1. The number of rotatable bonds is 4. The smallest absolute Gasteiger partial charge is 0.262 e. The molecular formula is C14H11NO4S. The molecule has 1 aliphatic heterocycles. The molecule has 0 saturated heterocycles. The number of anilines is 1. The van der Waals surface area contributed by atoms with Gasteiger partial charge < -0.3 is 14.8 Å². The lowest BCUT2D eigenvalue weighted by molar-refractivity contribution is -0.118. The van der Waals surface area contributed by atoms with Crippen molar-refractivity contribution in [2.45, 2.75) is 0 Å². The normalized spacial score (nSPS) is 13.1. The fourth-order valence-electron chi connectivity index (χ4n) is 1.81. The van der Waals surface area contributed by atoms with Gasteiger partial charge in [-0.25, -0.2) is 0 Å². The summed E-state index contributed by atoms with van der Waals surface area (Å²) in [4.78, 5) is 23.7. The highest BCUT2D eigenvalue weighted by Gasteiger charge is 2.16. The minimum Gasteiger partial charge on any atom is -0.485 e. The third-order valence-corrected chi connectivity index (χ3v) is 3.66. The molecular weight excluding hydrogens is 278 g/mol. The van der Waals surface area contributed by atoms with Gasteiger partial charge in [0.15, 0.2) is 13.2 Å². The van der Waals surface area contributed by atoms with E-state index in [1.807, 2.05) is 11.4 Å². The molecule has 6 heteroatoms. The van der Waals surface area contributed by atoms with Crippen LogP contribution in [0.2, 0.25) is 0 Å². The Balaban J connectivity index is 1.68. The van der Waals surface area contributed by atoms with Crippen LogP contribution in [0.15, 0.2) is 35.7 Å². The minimum atomic E-state index is -0.204. The molecule has 5 nitrogen and oxygen atoms in total. The molecule has 1 aromatic carbocycles. The summed E-state index contributed by atoms with van der Waals surface area (Å²) in [6.07, 6.45) is 0. The summed E-state index contributed by atoms with van der Waals surface area (Å²) in [7, 11) is 0. The highest BCUT2D eigenvalue weighted by atomic mass is 32.1. The van der Waals surface area contributed by atoms with Crippen LogP contribution in [0, 0.1) is 0 Å². The van der Waals surface area contributed by atoms with Crippen molar-refractivity contribution in [2.75, 3.05) is 18.5 Å². The van der Waals surface area contributed by atoms with E-state index in [2.05, 4.69) is 5.32 Å². The maximum atomic E-state index is 11.8. The molecule has 0 atom stereocenters. The van der Waals surface area contributed by atoms with E-state index < -0.39 is 0 Å². The number of fused-ring (bicyclic) bond motifs is 1. The van der Waals surface area contributed by atoms with E-state index in [1.165, 1.54) is 11.3 Å². The number of nitrogens with one attached hydrogen (secondary N) is 1. The number of benzene rings is 1. The molecule has 20 heavy (non-hydrogen) atoms. The van der Waals surface area contributed by atoms with Crippen molar-refractivity contribution in [3.8, 4) is 11.5 Å². The van der Waals surface area contributed by atoms with Gasteiger partial charge in [-0.05, 0) is 23.6 Å². The quantitative estimate of drug-likeness (QED) is 0.877. The molecule has 1 aromatic heterocycles. The first kappa shape index (κ1) is 12.7. The predicted octanol–water partition coefficient (Wildman–Crippen LogP) is 2.34. The molecule has 1 amide bonds. The summed E-state index contributed by atoms with van der Waals surface area (Å²) in [5.74, 6) is 0.836. The lowest BCUT2D eigenvalue weighted by Crippen LogP contribution is -2.25. The van der Waals surface area contributed by atoms with Gasteiger partial charge in [0.05, 0.1) is 10.6 Å². The maximum absolute atomic E-state index is 11.8. The molecule has 0 unspecified atom stereocenters. The third-order valence-electron chi connectivity index (χ3n) is 2.75. The monoisotopic (exact) mass is 289 g/mol. The second kappa shape index (κ2) is 5.34. The minimum absolute atomic E-state index is 0.0179. The standard InChI is InChI=1S/C14H11NO4S/c16-11(13-2-1-5-20-13)7-18-9-3-4-12-10(6-9)15-14(17)8-19-12/h1-6H,7-8H2,(H,15,17). The number of thiophene rings is 1. The van der Waals surface area contributed by atoms with Crippen LogP contribution in [0.4, 0.5) is 5.69 Å². The zero-order valence-electron chi connectivity index (χ0n) is 10.4. The first-order valence-electron chi connectivity index (χ1n) is 5.98. The predicted molar refractivity (Wildman–Crippen MR) is 74.7 cm³/mol. The van der Waals surface area contributed by atoms with Gasteiger partial charge in [0.25, 0.3) is 5.91 Å². The van der Waals surface area contributed by atoms with E-state index in [-0.39, 0.29) is 24.9 Å². The Hall–Kier alpha value is -2.34. The van der Waals surface area contributed by atoms with Crippen LogP contribution in [0.1, 0.15) is 9.67 Å². The van der Waals surface area contributed by atoms with Crippen LogP contribution in [-0.2, 0) is 4.79 Å². The Kier molecular flexibility index (Phi) is 3.39. The molecule has 0 bridgehead atoms. The van der Waals surface area contributed by atoms with Gasteiger partial charge in [0.2, 0.25) is 5.78 Å². The van der Waals surface area contributed by atoms with Gasteiger partial charge in [-0.3, -0.25) is 9.59 Å². The second-order valence-electron chi connectivity index (χ2n) is 4.18. The number of hydrogen-bond acceptors (Lipinski definition) is 5. The Morgan fingerprint density at radius 3 is 3.10 bits per heavy atom. The molecule has 1 N–H and O–H groups in total. The van der Waals surface area contributed by atoms with E-state index in [0.717, 1.165) is 0 Å². The maximum Gasteiger partial charge on any atom is 0.262 e. The third kappa shape index (κ3) is 2.65. The number of Topliss-reactive ketones (excluding diaryl/α,β-unsaturated/α-hetero) is 1. The first-order chi connectivity index (χ1) is 9.72. The van der Waals surface area contributed by atoms with E-state index in [9.17, 15) is 9.59 Å². The van der Waals surface area contributed by atoms with Crippen molar-refractivity contribution >= 4 is 28.7 Å². The van der Waals surface area contributed by atoms with Crippen LogP contribution in [0.3, 0.4) is 0 Å².